The maximum Gasteiger partial charge on any atom is 0.336 e. The minimum atomic E-state index is -0.737. The van der Waals surface area contributed by atoms with Crippen molar-refractivity contribution in [1.29, 1.82) is 0 Å². The molecular formula is C18H14N4O7. The number of anilines is 1. The number of nitrogens with one attached hydrogen (secondary N) is 1. The van der Waals surface area contributed by atoms with Crippen LogP contribution in [0.15, 0.2) is 62.8 Å². The highest BCUT2D eigenvalue weighted by Crippen LogP contribution is 2.29. The third-order valence-corrected chi connectivity index (χ3v) is 3.80. The molecule has 0 aliphatic heterocycles. The number of nitrogens with zero attached hydrogens (tertiary/aromatic N) is 3. The molecule has 0 saturated heterocycles. The SMILES string of the molecule is CC(COc1ccc2ccc(=O)oc2c1)=NNc1ccc([N+](=O)[O-])cc1[N+](=O)[O-]. The summed E-state index contributed by atoms with van der Waals surface area (Å²) in [5.74, 6) is 0.447. The highest BCUT2D eigenvalue weighted by Gasteiger charge is 2.19. The van der Waals surface area contributed by atoms with E-state index in [4.69, 9.17) is 9.15 Å². The predicted molar refractivity (Wildman–Crippen MR) is 104 cm³/mol. The number of ether oxygens (including phenoxy) is 1. The van der Waals surface area contributed by atoms with E-state index in [0.29, 0.717) is 17.0 Å². The highest BCUT2D eigenvalue weighted by molar-refractivity contribution is 5.84. The van der Waals surface area contributed by atoms with Crippen molar-refractivity contribution in [2.45, 2.75) is 6.92 Å². The average molecular weight is 398 g/mol. The fourth-order valence-corrected chi connectivity index (χ4v) is 2.39. The van der Waals surface area contributed by atoms with Gasteiger partial charge in [0, 0.05) is 23.6 Å². The zero-order chi connectivity index (χ0) is 21.0. The summed E-state index contributed by atoms with van der Waals surface area (Å²) in [6.45, 7) is 1.68. The molecule has 1 heterocycles. The summed E-state index contributed by atoms with van der Waals surface area (Å²) in [5, 5.41) is 26.6. The van der Waals surface area contributed by atoms with Gasteiger partial charge in [0.1, 0.15) is 23.6 Å². The van der Waals surface area contributed by atoms with Gasteiger partial charge >= 0.3 is 11.3 Å². The second-order valence-corrected chi connectivity index (χ2v) is 5.92. The first-order valence-electron chi connectivity index (χ1n) is 8.22. The van der Waals surface area contributed by atoms with Gasteiger partial charge in [0.05, 0.1) is 21.6 Å². The Morgan fingerprint density at radius 1 is 1.10 bits per heavy atom. The predicted octanol–water partition coefficient (Wildman–Crippen LogP) is 3.48. The first-order chi connectivity index (χ1) is 13.8. The standard InChI is InChI=1S/C18H14N4O7/c1-11(10-28-14-5-2-12-3-7-18(23)29-17(12)9-14)19-20-15-6-4-13(21(24)25)8-16(15)22(26)27/h2-9,20H,10H2,1H3. The Labute approximate surface area is 162 Å². The van der Waals surface area contributed by atoms with Crippen LogP contribution in [0.3, 0.4) is 0 Å². The summed E-state index contributed by atoms with van der Waals surface area (Å²) in [7, 11) is 0. The molecule has 1 aromatic heterocycles. The molecule has 0 saturated carbocycles. The summed E-state index contributed by atoms with van der Waals surface area (Å²) in [5.41, 5.74) is 2.02. The fourth-order valence-electron chi connectivity index (χ4n) is 2.39. The van der Waals surface area contributed by atoms with E-state index in [9.17, 15) is 25.0 Å². The van der Waals surface area contributed by atoms with Crippen molar-refractivity contribution < 1.29 is 19.0 Å². The van der Waals surface area contributed by atoms with Crippen LogP contribution < -0.4 is 15.8 Å². The molecule has 148 valence electrons. The Kier molecular flexibility index (Phi) is 5.49. The molecule has 0 amide bonds. The lowest BCUT2D eigenvalue weighted by atomic mass is 10.2. The van der Waals surface area contributed by atoms with Gasteiger partial charge in [-0.05, 0) is 31.2 Å². The molecule has 29 heavy (non-hydrogen) atoms. The molecule has 1 N–H and O–H groups in total. The number of nitro benzene ring substituents is 2. The van der Waals surface area contributed by atoms with Crippen LogP contribution >= 0.6 is 0 Å². The molecule has 3 rings (SSSR count). The number of hydrazone groups is 1. The Balaban J connectivity index is 1.70. The van der Waals surface area contributed by atoms with Crippen molar-refractivity contribution in [1.82, 2.24) is 0 Å². The van der Waals surface area contributed by atoms with E-state index in [1.807, 2.05) is 0 Å². The van der Waals surface area contributed by atoms with Crippen LogP contribution in [-0.2, 0) is 0 Å². The molecule has 0 bridgehead atoms. The number of nitro groups is 2. The van der Waals surface area contributed by atoms with Gasteiger partial charge in [-0.1, -0.05) is 0 Å². The zero-order valence-electron chi connectivity index (χ0n) is 15.0. The minimum absolute atomic E-state index is 0.00688. The van der Waals surface area contributed by atoms with Gasteiger partial charge < -0.3 is 9.15 Å². The maximum atomic E-state index is 11.3. The lowest BCUT2D eigenvalue weighted by Crippen LogP contribution is -2.10. The molecule has 3 aromatic rings. The van der Waals surface area contributed by atoms with E-state index < -0.39 is 26.8 Å². The van der Waals surface area contributed by atoms with E-state index in [1.165, 1.54) is 12.1 Å². The van der Waals surface area contributed by atoms with Crippen LogP contribution in [0.2, 0.25) is 0 Å². The molecule has 11 heteroatoms. The zero-order valence-corrected chi connectivity index (χ0v) is 15.0. The van der Waals surface area contributed by atoms with Gasteiger partial charge in [0.2, 0.25) is 0 Å². The number of hydrogen-bond acceptors (Lipinski definition) is 9. The lowest BCUT2D eigenvalue weighted by molar-refractivity contribution is -0.393. The van der Waals surface area contributed by atoms with Gasteiger partial charge in [-0.3, -0.25) is 25.7 Å². The van der Waals surface area contributed by atoms with E-state index in [1.54, 1.807) is 31.2 Å². The minimum Gasteiger partial charge on any atom is -0.487 e. The summed E-state index contributed by atoms with van der Waals surface area (Å²) < 4.78 is 10.7. The van der Waals surface area contributed by atoms with Crippen LogP contribution in [-0.4, -0.2) is 22.2 Å². The monoisotopic (exact) mass is 398 g/mol. The molecule has 11 nitrogen and oxygen atoms in total. The second-order valence-electron chi connectivity index (χ2n) is 5.92. The van der Waals surface area contributed by atoms with Gasteiger partial charge in [0.25, 0.3) is 5.69 Å². The third-order valence-electron chi connectivity index (χ3n) is 3.80. The van der Waals surface area contributed by atoms with Crippen molar-refractivity contribution in [3.63, 3.8) is 0 Å². The highest BCUT2D eigenvalue weighted by atomic mass is 16.6. The molecule has 2 aromatic carbocycles. The summed E-state index contributed by atoms with van der Waals surface area (Å²) in [4.78, 5) is 31.7. The van der Waals surface area contributed by atoms with Crippen molar-refractivity contribution in [3.8, 4) is 5.75 Å². The Bertz CT molecular complexity index is 1190. The second kappa shape index (κ2) is 8.17. The van der Waals surface area contributed by atoms with Crippen LogP contribution in [0.4, 0.5) is 17.1 Å². The van der Waals surface area contributed by atoms with Crippen LogP contribution in [0, 0.1) is 20.2 Å². The van der Waals surface area contributed by atoms with Crippen molar-refractivity contribution in [2.24, 2.45) is 5.10 Å². The van der Waals surface area contributed by atoms with E-state index in [2.05, 4.69) is 10.5 Å². The molecule has 0 unspecified atom stereocenters. The maximum absolute atomic E-state index is 11.3. The van der Waals surface area contributed by atoms with Gasteiger partial charge in [0.15, 0.2) is 0 Å². The normalized spacial score (nSPS) is 11.3. The fraction of sp³-hybridized carbons (Fsp3) is 0.111. The largest absolute Gasteiger partial charge is 0.487 e. The van der Waals surface area contributed by atoms with Crippen LogP contribution in [0.25, 0.3) is 11.0 Å². The van der Waals surface area contributed by atoms with Gasteiger partial charge in [-0.2, -0.15) is 5.10 Å². The van der Waals surface area contributed by atoms with Crippen LogP contribution in [0.1, 0.15) is 6.92 Å². The average Bonchev–Trinajstić information content (AvgIpc) is 2.70. The first kappa shape index (κ1) is 19.5. The number of rotatable bonds is 7. The van der Waals surface area contributed by atoms with Gasteiger partial charge in [-0.15, -0.1) is 0 Å². The van der Waals surface area contributed by atoms with Crippen LogP contribution in [0.5, 0.6) is 5.75 Å². The molecule has 0 aliphatic rings. The quantitative estimate of drug-likeness (QED) is 0.275. The van der Waals surface area contributed by atoms with Gasteiger partial charge in [-0.25, -0.2) is 4.79 Å². The third kappa shape index (κ3) is 4.71. The smallest absolute Gasteiger partial charge is 0.336 e. The van der Waals surface area contributed by atoms with Crippen molar-refractivity contribution in [2.75, 3.05) is 12.0 Å². The molecule has 0 radical (unpaired) electrons. The Morgan fingerprint density at radius 2 is 1.86 bits per heavy atom. The molecule has 0 fully saturated rings. The summed E-state index contributed by atoms with van der Waals surface area (Å²) in [6, 6.07) is 11.2. The molecule has 0 atom stereocenters. The van der Waals surface area contributed by atoms with Crippen molar-refractivity contribution >= 4 is 33.7 Å². The van der Waals surface area contributed by atoms with E-state index in [0.717, 1.165) is 17.5 Å². The van der Waals surface area contributed by atoms with E-state index in [-0.39, 0.29) is 12.3 Å². The molecule has 0 spiro atoms. The number of fused-ring (bicyclic) bond motifs is 1. The first-order valence-corrected chi connectivity index (χ1v) is 8.22. The number of hydrogen-bond donors (Lipinski definition) is 1. The Hall–Kier alpha value is -4.28. The summed E-state index contributed by atoms with van der Waals surface area (Å²) >= 11 is 0. The Morgan fingerprint density at radius 3 is 2.59 bits per heavy atom. The topological polar surface area (TPSA) is 150 Å². The lowest BCUT2D eigenvalue weighted by Gasteiger charge is -2.07. The van der Waals surface area contributed by atoms with Crippen molar-refractivity contribution in [3.05, 3.63) is 79.2 Å². The molecular weight excluding hydrogens is 384 g/mol. The summed E-state index contributed by atoms with van der Waals surface area (Å²) in [6.07, 6.45) is 0. The number of non-ortho nitro benzene ring substituents is 1. The van der Waals surface area contributed by atoms with E-state index >= 15 is 0 Å². The number of benzene rings is 2. The molecule has 0 aliphatic carbocycles.